The topological polar surface area (TPSA) is 60.4 Å². The van der Waals surface area contributed by atoms with E-state index in [1.54, 1.807) is 13.4 Å². The summed E-state index contributed by atoms with van der Waals surface area (Å²) >= 11 is 0. The highest BCUT2D eigenvalue weighted by atomic mass is 16.5. The van der Waals surface area contributed by atoms with E-state index in [1.165, 1.54) is 0 Å². The van der Waals surface area contributed by atoms with Gasteiger partial charge in [0.05, 0.1) is 12.4 Å². The monoisotopic (exact) mass is 212 g/mol. The zero-order valence-electron chi connectivity index (χ0n) is 9.40. The molecule has 2 unspecified atom stereocenters. The SMILES string of the molecule is COC(CN)CNC(C)Cc1ccco1. The van der Waals surface area contributed by atoms with Gasteiger partial charge in [-0.25, -0.2) is 0 Å². The molecule has 0 fully saturated rings. The smallest absolute Gasteiger partial charge is 0.105 e. The lowest BCUT2D eigenvalue weighted by atomic mass is 10.2. The highest BCUT2D eigenvalue weighted by molar-refractivity contribution is 4.99. The number of nitrogens with two attached hydrogens (primary N) is 1. The van der Waals surface area contributed by atoms with E-state index in [1.807, 2.05) is 12.1 Å². The summed E-state index contributed by atoms with van der Waals surface area (Å²) in [4.78, 5) is 0. The van der Waals surface area contributed by atoms with Crippen LogP contribution in [-0.2, 0) is 11.2 Å². The Bertz CT molecular complexity index is 245. The molecule has 0 amide bonds. The lowest BCUT2D eigenvalue weighted by molar-refractivity contribution is 0.106. The van der Waals surface area contributed by atoms with Crippen LogP contribution in [0, 0.1) is 0 Å². The molecular formula is C11H20N2O2. The van der Waals surface area contributed by atoms with Crippen molar-refractivity contribution in [2.75, 3.05) is 20.2 Å². The molecule has 0 bridgehead atoms. The molecule has 4 nitrogen and oxygen atoms in total. The van der Waals surface area contributed by atoms with Crippen molar-refractivity contribution in [3.63, 3.8) is 0 Å². The largest absolute Gasteiger partial charge is 0.469 e. The Labute approximate surface area is 90.8 Å². The van der Waals surface area contributed by atoms with E-state index in [4.69, 9.17) is 14.9 Å². The second-order valence-corrected chi connectivity index (χ2v) is 3.69. The molecule has 0 saturated carbocycles. The molecular weight excluding hydrogens is 192 g/mol. The van der Waals surface area contributed by atoms with E-state index in [2.05, 4.69) is 12.2 Å². The van der Waals surface area contributed by atoms with Crippen LogP contribution in [0.5, 0.6) is 0 Å². The van der Waals surface area contributed by atoms with E-state index < -0.39 is 0 Å². The zero-order chi connectivity index (χ0) is 11.1. The molecule has 4 heteroatoms. The summed E-state index contributed by atoms with van der Waals surface area (Å²) in [5.74, 6) is 0.997. The molecule has 0 aromatic carbocycles. The molecule has 1 aromatic rings. The number of hydrogen-bond donors (Lipinski definition) is 2. The van der Waals surface area contributed by atoms with Gasteiger partial charge in [0.2, 0.25) is 0 Å². The first-order chi connectivity index (χ1) is 7.26. The molecule has 0 aliphatic rings. The molecule has 2 atom stereocenters. The second kappa shape index (κ2) is 6.61. The predicted molar refractivity (Wildman–Crippen MR) is 59.7 cm³/mol. The van der Waals surface area contributed by atoms with Gasteiger partial charge in [-0.15, -0.1) is 0 Å². The van der Waals surface area contributed by atoms with Crippen molar-refractivity contribution in [1.82, 2.24) is 5.32 Å². The molecule has 3 N–H and O–H groups in total. The molecule has 0 spiro atoms. The molecule has 15 heavy (non-hydrogen) atoms. The summed E-state index contributed by atoms with van der Waals surface area (Å²) < 4.78 is 10.4. The van der Waals surface area contributed by atoms with Gasteiger partial charge < -0.3 is 20.2 Å². The van der Waals surface area contributed by atoms with Crippen molar-refractivity contribution in [2.45, 2.75) is 25.5 Å². The minimum atomic E-state index is 0.0871. The van der Waals surface area contributed by atoms with Gasteiger partial charge in [-0.05, 0) is 19.1 Å². The van der Waals surface area contributed by atoms with Crippen molar-refractivity contribution in [3.8, 4) is 0 Å². The number of nitrogens with one attached hydrogen (secondary N) is 1. The molecule has 1 heterocycles. The molecule has 1 rings (SSSR count). The van der Waals surface area contributed by atoms with E-state index in [9.17, 15) is 0 Å². The maximum atomic E-state index is 5.52. The Morgan fingerprint density at radius 1 is 1.60 bits per heavy atom. The van der Waals surface area contributed by atoms with Crippen molar-refractivity contribution < 1.29 is 9.15 Å². The summed E-state index contributed by atoms with van der Waals surface area (Å²) in [6.45, 7) is 3.43. The molecule has 0 saturated heterocycles. The standard InChI is InChI=1S/C11H20N2O2/c1-9(6-10-4-3-5-15-10)13-8-11(7-12)14-2/h3-5,9,11,13H,6-8,12H2,1-2H3. The zero-order valence-corrected chi connectivity index (χ0v) is 9.40. The third-order valence-electron chi connectivity index (χ3n) is 2.38. The van der Waals surface area contributed by atoms with Gasteiger partial charge in [-0.1, -0.05) is 0 Å². The quantitative estimate of drug-likeness (QED) is 0.701. The minimum absolute atomic E-state index is 0.0871. The summed E-state index contributed by atoms with van der Waals surface area (Å²) in [7, 11) is 1.68. The van der Waals surface area contributed by atoms with Crippen LogP contribution < -0.4 is 11.1 Å². The lowest BCUT2D eigenvalue weighted by Gasteiger charge is -2.17. The van der Waals surface area contributed by atoms with E-state index >= 15 is 0 Å². The first-order valence-electron chi connectivity index (χ1n) is 5.25. The first-order valence-corrected chi connectivity index (χ1v) is 5.25. The van der Waals surface area contributed by atoms with Gasteiger partial charge in [0, 0.05) is 32.7 Å². The number of furan rings is 1. The summed E-state index contributed by atoms with van der Waals surface area (Å²) in [5, 5.41) is 3.36. The number of rotatable bonds is 7. The summed E-state index contributed by atoms with van der Waals surface area (Å²) in [5.41, 5.74) is 5.52. The number of methoxy groups -OCH3 is 1. The van der Waals surface area contributed by atoms with Crippen LogP contribution in [-0.4, -0.2) is 32.3 Å². The van der Waals surface area contributed by atoms with Gasteiger partial charge in [0.1, 0.15) is 5.76 Å². The van der Waals surface area contributed by atoms with Crippen LogP contribution in [0.3, 0.4) is 0 Å². The Kier molecular flexibility index (Phi) is 5.39. The lowest BCUT2D eigenvalue weighted by Crippen LogP contribution is -2.39. The van der Waals surface area contributed by atoms with Gasteiger partial charge in [-0.3, -0.25) is 0 Å². The second-order valence-electron chi connectivity index (χ2n) is 3.69. The van der Waals surface area contributed by atoms with Crippen LogP contribution in [0.1, 0.15) is 12.7 Å². The van der Waals surface area contributed by atoms with Crippen LogP contribution in [0.15, 0.2) is 22.8 Å². The fraction of sp³-hybridized carbons (Fsp3) is 0.636. The van der Waals surface area contributed by atoms with Gasteiger partial charge >= 0.3 is 0 Å². The normalized spacial score (nSPS) is 15.1. The van der Waals surface area contributed by atoms with Crippen LogP contribution in [0.4, 0.5) is 0 Å². The maximum absolute atomic E-state index is 5.52. The van der Waals surface area contributed by atoms with Gasteiger partial charge in [0.15, 0.2) is 0 Å². The van der Waals surface area contributed by atoms with Gasteiger partial charge in [0.25, 0.3) is 0 Å². The fourth-order valence-electron chi connectivity index (χ4n) is 1.40. The third-order valence-corrected chi connectivity index (χ3v) is 2.38. The minimum Gasteiger partial charge on any atom is -0.469 e. The van der Waals surface area contributed by atoms with Crippen LogP contribution in [0.25, 0.3) is 0 Å². The Balaban J connectivity index is 2.21. The summed E-state index contributed by atoms with van der Waals surface area (Å²) in [6.07, 6.45) is 2.66. The predicted octanol–water partition coefficient (Wildman–Crippen LogP) is 0.774. The number of hydrogen-bond acceptors (Lipinski definition) is 4. The molecule has 0 radical (unpaired) electrons. The van der Waals surface area contributed by atoms with Crippen LogP contribution in [0.2, 0.25) is 0 Å². The summed E-state index contributed by atoms with van der Waals surface area (Å²) in [6, 6.07) is 4.25. The van der Waals surface area contributed by atoms with Crippen molar-refractivity contribution in [1.29, 1.82) is 0 Å². The average molecular weight is 212 g/mol. The highest BCUT2D eigenvalue weighted by Crippen LogP contribution is 2.03. The van der Waals surface area contributed by atoms with E-state index in [-0.39, 0.29) is 6.10 Å². The Hall–Kier alpha value is -0.840. The molecule has 1 aromatic heterocycles. The van der Waals surface area contributed by atoms with Crippen molar-refractivity contribution >= 4 is 0 Å². The molecule has 86 valence electrons. The maximum Gasteiger partial charge on any atom is 0.105 e. The van der Waals surface area contributed by atoms with E-state index in [0.717, 1.165) is 18.7 Å². The third kappa shape index (κ3) is 4.46. The highest BCUT2D eigenvalue weighted by Gasteiger charge is 2.08. The average Bonchev–Trinajstić information content (AvgIpc) is 2.72. The Morgan fingerprint density at radius 2 is 2.40 bits per heavy atom. The van der Waals surface area contributed by atoms with Crippen LogP contribution >= 0.6 is 0 Å². The van der Waals surface area contributed by atoms with Gasteiger partial charge in [-0.2, -0.15) is 0 Å². The van der Waals surface area contributed by atoms with Crippen molar-refractivity contribution in [2.24, 2.45) is 5.73 Å². The van der Waals surface area contributed by atoms with E-state index in [0.29, 0.717) is 12.6 Å². The number of ether oxygens (including phenoxy) is 1. The molecule has 0 aliphatic carbocycles. The Morgan fingerprint density at radius 3 is 2.93 bits per heavy atom. The first kappa shape index (κ1) is 12.2. The van der Waals surface area contributed by atoms with Crippen molar-refractivity contribution in [3.05, 3.63) is 24.2 Å². The molecule has 0 aliphatic heterocycles. The fourth-order valence-corrected chi connectivity index (χ4v) is 1.40.